The number of pyridine rings is 1. The summed E-state index contributed by atoms with van der Waals surface area (Å²) in [7, 11) is 3.91. The fourth-order valence-corrected chi connectivity index (χ4v) is 9.60. The number of fused-ring (bicyclic) bond motifs is 2. The molecule has 4 aliphatic heterocycles. The number of hydrogen-bond donors (Lipinski definition) is 1. The van der Waals surface area contributed by atoms with Crippen LogP contribution in [0.4, 0.5) is 4.79 Å². The predicted octanol–water partition coefficient (Wildman–Crippen LogP) is 5.98. The van der Waals surface area contributed by atoms with Crippen LogP contribution in [0.1, 0.15) is 80.2 Å². The van der Waals surface area contributed by atoms with Crippen LogP contribution in [0.3, 0.4) is 0 Å². The van der Waals surface area contributed by atoms with Crippen LogP contribution in [0.15, 0.2) is 53.2 Å². The highest BCUT2D eigenvalue weighted by atomic mass is 16.7. The SMILES string of the molecule is C/C1=C\[C@H](C)[C@@H](O[C@H]2O[C@@H](C)C[C@@H](N(C)C)C2O)[C@@](C)(OCCCc2cnc3ccccc3c2)C[C@@H](C)C2=NCCN3C(=O)O[C@](C)([C@@H](C)OC1=O)[C@H]3[C@H]2C. The third-order valence-corrected chi connectivity index (χ3v) is 12.5. The lowest BCUT2D eigenvalue weighted by Gasteiger charge is -2.47. The van der Waals surface area contributed by atoms with Crippen molar-refractivity contribution in [1.82, 2.24) is 14.8 Å². The molecular formula is C43H62N4O8. The van der Waals surface area contributed by atoms with Crippen molar-refractivity contribution in [3.8, 4) is 0 Å². The first-order chi connectivity index (χ1) is 26.0. The van der Waals surface area contributed by atoms with Crippen LogP contribution in [0.5, 0.6) is 0 Å². The number of nitrogens with zero attached hydrogens (tertiary/aromatic N) is 4. The van der Waals surface area contributed by atoms with Gasteiger partial charge in [0, 0.05) is 53.9 Å². The van der Waals surface area contributed by atoms with Gasteiger partial charge in [-0.1, -0.05) is 45.0 Å². The van der Waals surface area contributed by atoms with E-state index in [-0.39, 0.29) is 29.9 Å². The standard InChI is InChI=1S/C43H62N4O8/c1-25-20-26(2)39(49)53-30(6)43(8)37-29(5)35(44-17-18-47(37)41(50)55-43)27(3)23-42(7,38(25)54-40-36(48)34(46(9)10)21-28(4)52-40)51-19-13-14-31-22-32-15-11-12-16-33(32)45-24-31/h11-12,15-16,20,22,24-25,27-30,34,36-38,40,48H,13-14,17-19,21,23H2,1-10H3/b26-20+/t25-,27+,28-,29-,30+,34+,36?,37+,38+,40+,42-,43+/m0/s1. The Kier molecular flexibility index (Phi) is 12.4. The molecule has 1 unspecified atom stereocenters. The molecule has 0 aliphatic carbocycles. The molecule has 0 radical (unpaired) electrons. The van der Waals surface area contributed by atoms with Crippen molar-refractivity contribution in [2.45, 2.75) is 135 Å². The summed E-state index contributed by atoms with van der Waals surface area (Å²) in [6, 6.07) is 9.71. The van der Waals surface area contributed by atoms with E-state index in [1.165, 1.54) is 0 Å². The number of carbonyl (C=O) groups is 2. The fourth-order valence-electron chi connectivity index (χ4n) is 9.60. The zero-order valence-electron chi connectivity index (χ0n) is 34.4. The summed E-state index contributed by atoms with van der Waals surface area (Å²) in [5.41, 5.74) is 1.40. The van der Waals surface area contributed by atoms with Crippen LogP contribution in [0.2, 0.25) is 0 Å². The smallest absolute Gasteiger partial charge is 0.410 e. The Morgan fingerprint density at radius 2 is 1.84 bits per heavy atom. The second-order valence-corrected chi connectivity index (χ2v) is 17.1. The van der Waals surface area contributed by atoms with Crippen molar-refractivity contribution in [2.75, 3.05) is 33.8 Å². The molecule has 0 saturated carbocycles. The summed E-state index contributed by atoms with van der Waals surface area (Å²) in [5.74, 6) is -1.19. The lowest BCUT2D eigenvalue weighted by atomic mass is 9.74. The minimum absolute atomic E-state index is 0.0978. The molecule has 12 atom stereocenters. The summed E-state index contributed by atoms with van der Waals surface area (Å²) in [6.45, 7) is 17.0. The number of cyclic esters (lactones) is 1. The van der Waals surface area contributed by atoms with E-state index in [9.17, 15) is 14.7 Å². The molecule has 2 aromatic rings. The number of aryl methyl sites for hydroxylation is 1. The van der Waals surface area contributed by atoms with Crippen molar-refractivity contribution in [3.63, 3.8) is 0 Å². The normalized spacial score (nSPS) is 38.4. The van der Waals surface area contributed by atoms with Crippen LogP contribution in [0, 0.1) is 17.8 Å². The first-order valence-corrected chi connectivity index (χ1v) is 20.1. The summed E-state index contributed by atoms with van der Waals surface area (Å²) < 4.78 is 32.6. The van der Waals surface area contributed by atoms with E-state index < -0.39 is 53.9 Å². The van der Waals surface area contributed by atoms with E-state index in [2.05, 4.69) is 37.9 Å². The first-order valence-electron chi connectivity index (χ1n) is 20.1. The first kappa shape index (κ1) is 41.2. The minimum atomic E-state index is -1.09. The Labute approximate surface area is 326 Å². The summed E-state index contributed by atoms with van der Waals surface area (Å²) >= 11 is 0. The maximum atomic E-state index is 13.8. The Balaban J connectivity index is 1.37. The maximum Gasteiger partial charge on any atom is 0.410 e. The molecule has 6 rings (SSSR count). The van der Waals surface area contributed by atoms with Gasteiger partial charge in [-0.2, -0.15) is 0 Å². The third-order valence-electron chi connectivity index (χ3n) is 12.5. The molecule has 1 aromatic carbocycles. The summed E-state index contributed by atoms with van der Waals surface area (Å²) in [6.07, 6.45) is 2.66. The van der Waals surface area contributed by atoms with Crippen LogP contribution in [-0.2, 0) is 34.9 Å². The molecule has 2 bridgehead atoms. The number of aliphatic imine (C=N–C) groups is 1. The van der Waals surface area contributed by atoms with Crippen molar-refractivity contribution < 1.29 is 38.4 Å². The average molecular weight is 763 g/mol. The topological polar surface area (TPSA) is 132 Å². The van der Waals surface area contributed by atoms with E-state index in [1.807, 2.05) is 70.2 Å². The molecule has 12 heteroatoms. The van der Waals surface area contributed by atoms with Gasteiger partial charge >= 0.3 is 12.1 Å². The van der Waals surface area contributed by atoms with Gasteiger partial charge < -0.3 is 33.7 Å². The Bertz CT molecular complexity index is 1770. The number of esters is 1. The number of aliphatic hydroxyl groups is 1. The van der Waals surface area contributed by atoms with Gasteiger partial charge in [0.15, 0.2) is 11.9 Å². The van der Waals surface area contributed by atoms with Gasteiger partial charge in [0.1, 0.15) is 12.2 Å². The highest BCUT2D eigenvalue weighted by molar-refractivity contribution is 5.91. The van der Waals surface area contributed by atoms with E-state index in [0.29, 0.717) is 38.1 Å². The second kappa shape index (κ2) is 16.6. The maximum absolute atomic E-state index is 13.8. The van der Waals surface area contributed by atoms with Gasteiger partial charge in [0.2, 0.25) is 0 Å². The number of para-hydroxylation sites is 1. The van der Waals surface area contributed by atoms with Gasteiger partial charge in [-0.25, -0.2) is 9.59 Å². The summed E-state index contributed by atoms with van der Waals surface area (Å²) in [4.78, 5) is 40.7. The third kappa shape index (κ3) is 8.49. The van der Waals surface area contributed by atoms with Crippen molar-refractivity contribution in [1.29, 1.82) is 0 Å². The minimum Gasteiger partial charge on any atom is -0.455 e. The largest absolute Gasteiger partial charge is 0.455 e. The Morgan fingerprint density at radius 3 is 2.58 bits per heavy atom. The lowest BCUT2D eigenvalue weighted by Crippen LogP contribution is -2.59. The van der Waals surface area contributed by atoms with E-state index in [1.54, 1.807) is 18.7 Å². The zero-order valence-corrected chi connectivity index (χ0v) is 34.4. The fraction of sp³-hybridized carbons (Fsp3) is 0.674. The quantitative estimate of drug-likeness (QED) is 0.253. The molecule has 302 valence electrons. The van der Waals surface area contributed by atoms with Gasteiger partial charge in [-0.3, -0.25) is 14.9 Å². The number of aliphatic hydroxyl groups excluding tert-OH is 1. The Hall–Kier alpha value is -3.42. The van der Waals surface area contributed by atoms with Gasteiger partial charge in [0.25, 0.3) is 0 Å². The molecule has 2 fully saturated rings. The monoisotopic (exact) mass is 762 g/mol. The van der Waals surface area contributed by atoms with Gasteiger partial charge in [-0.15, -0.1) is 0 Å². The number of amides is 1. The van der Waals surface area contributed by atoms with Crippen LogP contribution in [0.25, 0.3) is 10.9 Å². The van der Waals surface area contributed by atoms with Crippen LogP contribution in [-0.4, -0.2) is 125 Å². The molecule has 0 spiro atoms. The van der Waals surface area contributed by atoms with E-state index >= 15 is 0 Å². The van der Waals surface area contributed by atoms with Gasteiger partial charge in [-0.05, 0) is 98.0 Å². The van der Waals surface area contributed by atoms with E-state index in [4.69, 9.17) is 28.7 Å². The molecule has 12 nitrogen and oxygen atoms in total. The van der Waals surface area contributed by atoms with Crippen LogP contribution < -0.4 is 0 Å². The molecule has 2 saturated heterocycles. The lowest BCUT2D eigenvalue weighted by molar-refractivity contribution is -0.296. The molecule has 1 aromatic heterocycles. The number of benzene rings is 1. The number of hydrogen-bond acceptors (Lipinski definition) is 11. The molecule has 1 N–H and O–H groups in total. The van der Waals surface area contributed by atoms with Crippen LogP contribution >= 0.6 is 0 Å². The Morgan fingerprint density at radius 1 is 1.09 bits per heavy atom. The number of aromatic nitrogens is 1. The predicted molar refractivity (Wildman–Crippen MR) is 211 cm³/mol. The molecule has 4 aliphatic rings. The highest BCUT2D eigenvalue weighted by Gasteiger charge is 2.59. The van der Waals surface area contributed by atoms with Gasteiger partial charge in [0.05, 0.1) is 35.9 Å². The highest BCUT2D eigenvalue weighted by Crippen LogP contribution is 2.43. The number of likely N-dealkylation sites (N-methyl/N-ethyl adjacent to an activating group) is 1. The summed E-state index contributed by atoms with van der Waals surface area (Å²) in [5, 5.41) is 12.8. The molecule has 5 heterocycles. The molecule has 55 heavy (non-hydrogen) atoms. The van der Waals surface area contributed by atoms with Crippen molar-refractivity contribution in [3.05, 3.63) is 53.7 Å². The average Bonchev–Trinajstić information content (AvgIpc) is 3.26. The number of ether oxygens (including phenoxy) is 5. The van der Waals surface area contributed by atoms with E-state index in [0.717, 1.165) is 35.0 Å². The van der Waals surface area contributed by atoms with Crippen molar-refractivity contribution in [2.24, 2.45) is 22.7 Å². The van der Waals surface area contributed by atoms with Crippen molar-refractivity contribution >= 4 is 28.7 Å². The zero-order chi connectivity index (χ0) is 39.8. The number of rotatable bonds is 8. The molecule has 1 amide bonds. The molecular weight excluding hydrogens is 700 g/mol. The number of carbonyl (C=O) groups excluding carboxylic acids is 2. The second-order valence-electron chi connectivity index (χ2n) is 17.1.